The normalized spacial score (nSPS) is 14.9. The molecule has 13 heavy (non-hydrogen) atoms. The first kappa shape index (κ1) is 12.2. The van der Waals surface area contributed by atoms with Gasteiger partial charge in [0.25, 0.3) is 0 Å². The molecule has 0 aliphatic heterocycles. The van der Waals surface area contributed by atoms with Crippen LogP contribution in [-0.2, 0) is 4.79 Å². The molecule has 0 unspecified atom stereocenters. The van der Waals surface area contributed by atoms with Gasteiger partial charge in [-0.1, -0.05) is 39.2 Å². The molecule has 0 aliphatic rings. The quantitative estimate of drug-likeness (QED) is 0.487. The molecule has 1 N–H and O–H groups in total. The Balaban J connectivity index is 3.95. The SMILES string of the molecule is C=C[C@H](C)[C@@H](CCCCC)C(=O)O. The molecule has 2 heteroatoms. The van der Waals surface area contributed by atoms with E-state index in [0.717, 1.165) is 25.7 Å². The summed E-state index contributed by atoms with van der Waals surface area (Å²) in [6, 6.07) is 0. The molecule has 0 aromatic heterocycles. The molecule has 0 bridgehead atoms. The highest BCUT2D eigenvalue weighted by Gasteiger charge is 2.21. The second-order valence-electron chi connectivity index (χ2n) is 3.54. The Morgan fingerprint density at radius 1 is 1.54 bits per heavy atom. The summed E-state index contributed by atoms with van der Waals surface area (Å²) in [5.41, 5.74) is 0. The van der Waals surface area contributed by atoms with E-state index in [2.05, 4.69) is 13.5 Å². The van der Waals surface area contributed by atoms with Crippen molar-refractivity contribution >= 4 is 5.97 Å². The molecule has 2 nitrogen and oxygen atoms in total. The zero-order valence-corrected chi connectivity index (χ0v) is 8.62. The lowest BCUT2D eigenvalue weighted by atomic mass is 9.89. The van der Waals surface area contributed by atoms with Gasteiger partial charge in [-0.3, -0.25) is 4.79 Å². The number of rotatable bonds is 7. The van der Waals surface area contributed by atoms with Gasteiger partial charge in [-0.15, -0.1) is 6.58 Å². The van der Waals surface area contributed by atoms with Gasteiger partial charge in [0.2, 0.25) is 0 Å². The molecule has 76 valence electrons. The molecule has 0 aliphatic carbocycles. The first-order valence-corrected chi connectivity index (χ1v) is 4.98. The zero-order valence-electron chi connectivity index (χ0n) is 8.62. The molecule has 0 aromatic rings. The molecule has 0 heterocycles. The molecule has 0 aromatic carbocycles. The van der Waals surface area contributed by atoms with Crippen molar-refractivity contribution in [1.29, 1.82) is 0 Å². The number of carbonyl (C=O) groups is 1. The van der Waals surface area contributed by atoms with Gasteiger partial charge in [-0.05, 0) is 12.3 Å². The summed E-state index contributed by atoms with van der Waals surface area (Å²) in [6.45, 7) is 7.66. The Labute approximate surface area is 80.7 Å². The van der Waals surface area contributed by atoms with Gasteiger partial charge in [0, 0.05) is 0 Å². The van der Waals surface area contributed by atoms with Gasteiger partial charge in [-0.25, -0.2) is 0 Å². The highest BCUT2D eigenvalue weighted by molar-refractivity contribution is 5.70. The van der Waals surface area contributed by atoms with Gasteiger partial charge in [-0.2, -0.15) is 0 Å². The summed E-state index contributed by atoms with van der Waals surface area (Å²) in [7, 11) is 0. The van der Waals surface area contributed by atoms with Crippen LogP contribution >= 0.6 is 0 Å². The first-order chi connectivity index (χ1) is 6.13. The number of allylic oxidation sites excluding steroid dienone is 1. The minimum absolute atomic E-state index is 0.0781. The summed E-state index contributed by atoms with van der Waals surface area (Å²) in [6.07, 6.45) is 5.76. The van der Waals surface area contributed by atoms with Crippen LogP contribution in [0.3, 0.4) is 0 Å². The number of aliphatic carboxylic acids is 1. The topological polar surface area (TPSA) is 37.3 Å². The van der Waals surface area contributed by atoms with Crippen LogP contribution in [0, 0.1) is 11.8 Å². The van der Waals surface area contributed by atoms with Crippen LogP contribution in [0.5, 0.6) is 0 Å². The molecule has 0 fully saturated rings. The van der Waals surface area contributed by atoms with Gasteiger partial charge >= 0.3 is 5.97 Å². The predicted molar refractivity (Wildman–Crippen MR) is 54.6 cm³/mol. The van der Waals surface area contributed by atoms with Gasteiger partial charge < -0.3 is 5.11 Å². The minimum Gasteiger partial charge on any atom is -0.481 e. The molecule has 0 amide bonds. The van der Waals surface area contributed by atoms with E-state index in [-0.39, 0.29) is 11.8 Å². The van der Waals surface area contributed by atoms with Crippen LogP contribution in [-0.4, -0.2) is 11.1 Å². The number of hydrogen-bond donors (Lipinski definition) is 1. The second-order valence-corrected chi connectivity index (χ2v) is 3.54. The van der Waals surface area contributed by atoms with Crippen molar-refractivity contribution in [3.63, 3.8) is 0 Å². The monoisotopic (exact) mass is 184 g/mol. The minimum atomic E-state index is -0.691. The van der Waals surface area contributed by atoms with Gasteiger partial charge in [0.15, 0.2) is 0 Å². The largest absolute Gasteiger partial charge is 0.481 e. The summed E-state index contributed by atoms with van der Waals surface area (Å²) >= 11 is 0. The third-order valence-electron chi connectivity index (χ3n) is 2.44. The fourth-order valence-corrected chi connectivity index (χ4v) is 1.39. The molecule has 0 radical (unpaired) electrons. The van der Waals surface area contributed by atoms with E-state index in [1.807, 2.05) is 6.92 Å². The number of hydrogen-bond acceptors (Lipinski definition) is 1. The third kappa shape index (κ3) is 4.71. The van der Waals surface area contributed by atoms with Crippen molar-refractivity contribution in [2.45, 2.75) is 39.5 Å². The van der Waals surface area contributed by atoms with Gasteiger partial charge in [0.1, 0.15) is 0 Å². The molecule has 0 saturated carbocycles. The summed E-state index contributed by atoms with van der Waals surface area (Å²) in [4.78, 5) is 10.8. The van der Waals surface area contributed by atoms with E-state index >= 15 is 0 Å². The van der Waals surface area contributed by atoms with E-state index in [1.165, 1.54) is 0 Å². The third-order valence-corrected chi connectivity index (χ3v) is 2.44. The molecule has 2 atom stereocenters. The summed E-state index contributed by atoms with van der Waals surface area (Å²) in [5, 5.41) is 8.93. The maximum Gasteiger partial charge on any atom is 0.307 e. The summed E-state index contributed by atoms with van der Waals surface area (Å²) < 4.78 is 0. The van der Waals surface area contributed by atoms with Crippen LogP contribution in [0.4, 0.5) is 0 Å². The number of carboxylic acids is 1. The van der Waals surface area contributed by atoms with Crippen LogP contribution in [0.15, 0.2) is 12.7 Å². The standard InChI is InChI=1S/C11H20O2/c1-4-6-7-8-10(11(12)13)9(3)5-2/h5,9-10H,2,4,6-8H2,1,3H3,(H,12,13)/t9-,10+/m0/s1. The van der Waals surface area contributed by atoms with Crippen LogP contribution in [0.25, 0.3) is 0 Å². The predicted octanol–water partition coefficient (Wildman–Crippen LogP) is 3.09. The number of carboxylic acid groups (broad SMARTS) is 1. The van der Waals surface area contributed by atoms with Crippen molar-refractivity contribution in [2.75, 3.05) is 0 Å². The van der Waals surface area contributed by atoms with Crippen LogP contribution in [0.1, 0.15) is 39.5 Å². The molecule has 0 spiro atoms. The first-order valence-electron chi connectivity index (χ1n) is 4.98. The van der Waals surface area contributed by atoms with E-state index in [4.69, 9.17) is 5.11 Å². The Morgan fingerprint density at radius 3 is 2.54 bits per heavy atom. The molecule has 0 saturated heterocycles. The van der Waals surface area contributed by atoms with Crippen molar-refractivity contribution in [3.05, 3.63) is 12.7 Å². The molecular formula is C11H20O2. The Kier molecular flexibility index (Phi) is 6.29. The lowest BCUT2D eigenvalue weighted by molar-refractivity contribution is -0.143. The Morgan fingerprint density at radius 2 is 2.15 bits per heavy atom. The van der Waals surface area contributed by atoms with Crippen LogP contribution < -0.4 is 0 Å². The van der Waals surface area contributed by atoms with E-state index < -0.39 is 5.97 Å². The van der Waals surface area contributed by atoms with Crippen LogP contribution in [0.2, 0.25) is 0 Å². The lowest BCUT2D eigenvalue weighted by Gasteiger charge is -2.16. The van der Waals surface area contributed by atoms with E-state index in [9.17, 15) is 4.79 Å². The molecular weight excluding hydrogens is 164 g/mol. The number of unbranched alkanes of at least 4 members (excludes halogenated alkanes) is 2. The van der Waals surface area contributed by atoms with E-state index in [1.54, 1.807) is 6.08 Å². The average Bonchev–Trinajstić information content (AvgIpc) is 2.11. The summed E-state index contributed by atoms with van der Waals surface area (Å²) in [5.74, 6) is -0.859. The Hall–Kier alpha value is -0.790. The zero-order chi connectivity index (χ0) is 10.3. The van der Waals surface area contributed by atoms with Crippen molar-refractivity contribution in [3.8, 4) is 0 Å². The fraction of sp³-hybridized carbons (Fsp3) is 0.727. The average molecular weight is 184 g/mol. The Bertz CT molecular complexity index is 163. The maximum atomic E-state index is 10.8. The fourth-order valence-electron chi connectivity index (χ4n) is 1.39. The lowest BCUT2D eigenvalue weighted by Crippen LogP contribution is -2.20. The van der Waals surface area contributed by atoms with E-state index in [0.29, 0.717) is 0 Å². The smallest absolute Gasteiger partial charge is 0.307 e. The van der Waals surface area contributed by atoms with Gasteiger partial charge in [0.05, 0.1) is 5.92 Å². The maximum absolute atomic E-state index is 10.8. The van der Waals surface area contributed by atoms with Crippen molar-refractivity contribution < 1.29 is 9.90 Å². The highest BCUT2D eigenvalue weighted by atomic mass is 16.4. The van der Waals surface area contributed by atoms with Crippen molar-refractivity contribution in [2.24, 2.45) is 11.8 Å². The molecule has 0 rings (SSSR count). The van der Waals surface area contributed by atoms with Crippen molar-refractivity contribution in [1.82, 2.24) is 0 Å². The second kappa shape index (κ2) is 6.70. The highest BCUT2D eigenvalue weighted by Crippen LogP contribution is 2.20.